The topological polar surface area (TPSA) is 104 Å². The highest BCUT2D eigenvalue weighted by Gasteiger charge is 2.38. The van der Waals surface area contributed by atoms with E-state index in [9.17, 15) is 14.7 Å². The van der Waals surface area contributed by atoms with Gasteiger partial charge in [-0.2, -0.15) is 0 Å². The van der Waals surface area contributed by atoms with E-state index in [1.807, 2.05) is 48.5 Å². The van der Waals surface area contributed by atoms with Gasteiger partial charge in [-0.3, -0.25) is 4.79 Å². The van der Waals surface area contributed by atoms with Crippen molar-refractivity contribution in [3.8, 4) is 16.9 Å². The molecule has 0 amide bonds. The van der Waals surface area contributed by atoms with Gasteiger partial charge in [0.05, 0.1) is 13.5 Å². The molecule has 1 atom stereocenters. The number of benzene rings is 2. The zero-order valence-electron chi connectivity index (χ0n) is 13.8. The lowest BCUT2D eigenvalue weighted by molar-refractivity contribution is -0.166. The Labute approximate surface area is 145 Å². The third-order valence-electron chi connectivity index (χ3n) is 4.03. The summed E-state index contributed by atoms with van der Waals surface area (Å²) in [5.74, 6) is -2.12. The largest absolute Gasteiger partial charge is 0.497 e. The molecule has 0 aliphatic carbocycles. The Bertz CT molecular complexity index is 753. The third-order valence-corrected chi connectivity index (χ3v) is 4.03. The Morgan fingerprint density at radius 2 is 1.72 bits per heavy atom. The van der Waals surface area contributed by atoms with Gasteiger partial charge in [-0.1, -0.05) is 36.4 Å². The number of aliphatic carboxylic acids is 2. The number of aliphatic hydroxyl groups is 1. The summed E-state index contributed by atoms with van der Waals surface area (Å²) in [6.45, 7) is 0. The van der Waals surface area contributed by atoms with E-state index in [4.69, 9.17) is 14.9 Å². The Balaban J connectivity index is 2.09. The Morgan fingerprint density at radius 3 is 2.28 bits per heavy atom. The SMILES string of the molecule is COc1cccc(-c2ccc(CCC(O)(CC(=O)O)C(=O)O)cc2)c1. The Morgan fingerprint density at radius 1 is 1.04 bits per heavy atom. The summed E-state index contributed by atoms with van der Waals surface area (Å²) in [6.07, 6.45) is -0.744. The molecule has 0 bridgehead atoms. The van der Waals surface area contributed by atoms with Crippen LogP contribution in [0.2, 0.25) is 0 Å². The van der Waals surface area contributed by atoms with Crippen LogP contribution in [0.3, 0.4) is 0 Å². The zero-order chi connectivity index (χ0) is 18.4. The fourth-order valence-corrected chi connectivity index (χ4v) is 2.54. The fraction of sp³-hybridized carbons (Fsp3) is 0.263. The average molecular weight is 344 g/mol. The lowest BCUT2D eigenvalue weighted by Gasteiger charge is -2.21. The number of carboxylic acids is 2. The molecule has 0 aliphatic rings. The van der Waals surface area contributed by atoms with Crippen molar-refractivity contribution in [3.63, 3.8) is 0 Å². The molecular formula is C19H20O6. The number of carboxylic acid groups (broad SMARTS) is 2. The van der Waals surface area contributed by atoms with E-state index in [0.29, 0.717) is 0 Å². The summed E-state index contributed by atoms with van der Waals surface area (Å²) in [5, 5.41) is 27.9. The molecule has 6 heteroatoms. The molecule has 0 spiro atoms. The van der Waals surface area contributed by atoms with Gasteiger partial charge in [-0.15, -0.1) is 0 Å². The van der Waals surface area contributed by atoms with Crippen molar-refractivity contribution in [1.82, 2.24) is 0 Å². The molecular weight excluding hydrogens is 324 g/mol. The number of hydrogen-bond donors (Lipinski definition) is 3. The maximum absolute atomic E-state index is 11.2. The summed E-state index contributed by atoms with van der Waals surface area (Å²) in [5.41, 5.74) is 0.509. The van der Waals surface area contributed by atoms with Crippen molar-refractivity contribution in [2.24, 2.45) is 0 Å². The van der Waals surface area contributed by atoms with Crippen LogP contribution in [-0.2, 0) is 16.0 Å². The Hall–Kier alpha value is -2.86. The number of ether oxygens (including phenoxy) is 1. The first-order chi connectivity index (χ1) is 11.8. The highest BCUT2D eigenvalue weighted by Crippen LogP contribution is 2.25. The third kappa shape index (κ3) is 4.81. The lowest BCUT2D eigenvalue weighted by atomic mass is 9.91. The van der Waals surface area contributed by atoms with E-state index in [0.717, 1.165) is 22.4 Å². The molecule has 2 rings (SSSR count). The van der Waals surface area contributed by atoms with E-state index in [1.54, 1.807) is 7.11 Å². The fourth-order valence-electron chi connectivity index (χ4n) is 2.54. The van der Waals surface area contributed by atoms with Gasteiger partial charge >= 0.3 is 11.9 Å². The minimum absolute atomic E-state index is 0.173. The van der Waals surface area contributed by atoms with Crippen molar-refractivity contribution in [2.45, 2.75) is 24.9 Å². The maximum atomic E-state index is 11.2. The summed E-state index contributed by atoms with van der Waals surface area (Å²) in [6, 6.07) is 15.0. The molecule has 2 aromatic carbocycles. The molecule has 0 aromatic heterocycles. The second-order valence-corrected chi connectivity index (χ2v) is 5.84. The van der Waals surface area contributed by atoms with Crippen LogP contribution < -0.4 is 4.74 Å². The molecule has 0 aliphatic heterocycles. The maximum Gasteiger partial charge on any atom is 0.336 e. The highest BCUT2D eigenvalue weighted by atomic mass is 16.5. The van der Waals surface area contributed by atoms with Gasteiger partial charge in [-0.25, -0.2) is 4.79 Å². The van der Waals surface area contributed by atoms with E-state index in [-0.39, 0.29) is 12.8 Å². The van der Waals surface area contributed by atoms with Crippen LogP contribution >= 0.6 is 0 Å². The average Bonchev–Trinajstić information content (AvgIpc) is 2.60. The van der Waals surface area contributed by atoms with Crippen molar-refractivity contribution in [3.05, 3.63) is 54.1 Å². The van der Waals surface area contributed by atoms with E-state index in [1.165, 1.54) is 0 Å². The summed E-state index contributed by atoms with van der Waals surface area (Å²) in [7, 11) is 1.60. The van der Waals surface area contributed by atoms with Gasteiger partial charge in [0.2, 0.25) is 0 Å². The number of rotatable bonds is 8. The van der Waals surface area contributed by atoms with Gasteiger partial charge < -0.3 is 20.1 Å². The molecule has 3 N–H and O–H groups in total. The van der Waals surface area contributed by atoms with Crippen molar-refractivity contribution in [2.75, 3.05) is 7.11 Å². The first kappa shape index (κ1) is 18.5. The predicted molar refractivity (Wildman–Crippen MR) is 91.6 cm³/mol. The smallest absolute Gasteiger partial charge is 0.336 e. The summed E-state index contributed by atoms with van der Waals surface area (Å²) in [4.78, 5) is 21.9. The minimum atomic E-state index is -2.27. The van der Waals surface area contributed by atoms with Crippen molar-refractivity contribution >= 4 is 11.9 Å². The summed E-state index contributed by atoms with van der Waals surface area (Å²) >= 11 is 0. The molecule has 1 unspecified atom stereocenters. The normalized spacial score (nSPS) is 13.0. The Kier molecular flexibility index (Phi) is 5.77. The van der Waals surface area contributed by atoms with Crippen LogP contribution in [0.25, 0.3) is 11.1 Å². The van der Waals surface area contributed by atoms with Crippen molar-refractivity contribution < 1.29 is 29.6 Å². The summed E-state index contributed by atoms with van der Waals surface area (Å²) < 4.78 is 5.20. The van der Waals surface area contributed by atoms with Gasteiger partial charge in [-0.05, 0) is 41.7 Å². The minimum Gasteiger partial charge on any atom is -0.497 e. The van der Waals surface area contributed by atoms with Crippen LogP contribution in [0.4, 0.5) is 0 Å². The molecule has 2 aromatic rings. The molecule has 0 fully saturated rings. The number of hydrogen-bond acceptors (Lipinski definition) is 4. The molecule has 132 valence electrons. The molecule has 0 saturated heterocycles. The number of carbonyl (C=O) groups is 2. The number of aryl methyl sites for hydroxylation is 1. The van der Waals surface area contributed by atoms with Crippen LogP contribution in [0, 0.1) is 0 Å². The van der Waals surface area contributed by atoms with Gasteiger partial charge in [0.1, 0.15) is 5.75 Å². The van der Waals surface area contributed by atoms with Gasteiger partial charge in [0, 0.05) is 0 Å². The van der Waals surface area contributed by atoms with Crippen molar-refractivity contribution in [1.29, 1.82) is 0 Å². The van der Waals surface area contributed by atoms with E-state index >= 15 is 0 Å². The molecule has 6 nitrogen and oxygen atoms in total. The molecule has 0 radical (unpaired) electrons. The lowest BCUT2D eigenvalue weighted by Crippen LogP contribution is -2.41. The van der Waals surface area contributed by atoms with Crippen LogP contribution in [0.5, 0.6) is 5.75 Å². The van der Waals surface area contributed by atoms with Gasteiger partial charge in [0.15, 0.2) is 5.60 Å². The van der Waals surface area contributed by atoms with Crippen LogP contribution in [0.15, 0.2) is 48.5 Å². The van der Waals surface area contributed by atoms with Crippen LogP contribution in [-0.4, -0.2) is 40.0 Å². The molecule has 0 heterocycles. The first-order valence-electron chi connectivity index (χ1n) is 7.75. The number of methoxy groups -OCH3 is 1. The zero-order valence-corrected chi connectivity index (χ0v) is 13.8. The van der Waals surface area contributed by atoms with E-state index < -0.39 is 24.0 Å². The second kappa shape index (κ2) is 7.81. The second-order valence-electron chi connectivity index (χ2n) is 5.84. The predicted octanol–water partition coefficient (Wildman–Crippen LogP) is 2.59. The molecule has 25 heavy (non-hydrogen) atoms. The van der Waals surface area contributed by atoms with E-state index in [2.05, 4.69) is 0 Å². The molecule has 0 saturated carbocycles. The van der Waals surface area contributed by atoms with Crippen LogP contribution in [0.1, 0.15) is 18.4 Å². The van der Waals surface area contributed by atoms with Gasteiger partial charge in [0.25, 0.3) is 0 Å². The first-order valence-corrected chi connectivity index (χ1v) is 7.75. The highest BCUT2D eigenvalue weighted by molar-refractivity contribution is 5.83. The standard InChI is InChI=1S/C19H20O6/c1-25-16-4-2-3-15(11-16)14-7-5-13(6-8-14)9-10-19(24,18(22)23)12-17(20)21/h2-8,11,24H,9-10,12H2,1H3,(H,20,21)(H,22,23). The quantitative estimate of drug-likeness (QED) is 0.680. The monoisotopic (exact) mass is 344 g/mol.